The number of nitro benzene ring substituents is 1. The SMILES string of the molecule is Cc1cc(NC2CCCN(Cc3ccccc3)C2)ccc1[N+](=O)[O-]. The minimum absolute atomic E-state index is 0.176. The summed E-state index contributed by atoms with van der Waals surface area (Å²) in [4.78, 5) is 13.1. The van der Waals surface area contributed by atoms with Gasteiger partial charge in [-0.15, -0.1) is 0 Å². The fourth-order valence-corrected chi connectivity index (χ4v) is 3.34. The lowest BCUT2D eigenvalue weighted by Crippen LogP contribution is -2.41. The maximum Gasteiger partial charge on any atom is 0.272 e. The molecular weight excluding hydrogens is 302 g/mol. The molecule has 1 atom stereocenters. The van der Waals surface area contributed by atoms with Gasteiger partial charge in [-0.3, -0.25) is 15.0 Å². The molecule has 0 saturated carbocycles. The van der Waals surface area contributed by atoms with E-state index in [0.717, 1.165) is 38.2 Å². The van der Waals surface area contributed by atoms with Crippen molar-refractivity contribution in [3.05, 3.63) is 69.8 Å². The summed E-state index contributed by atoms with van der Waals surface area (Å²) in [6, 6.07) is 16.2. The zero-order valence-corrected chi connectivity index (χ0v) is 13.9. The van der Waals surface area contributed by atoms with E-state index in [-0.39, 0.29) is 10.6 Å². The van der Waals surface area contributed by atoms with Crippen LogP contribution in [0.15, 0.2) is 48.5 Å². The highest BCUT2D eigenvalue weighted by Crippen LogP contribution is 2.24. The summed E-state index contributed by atoms with van der Waals surface area (Å²) in [7, 11) is 0. The summed E-state index contributed by atoms with van der Waals surface area (Å²) >= 11 is 0. The Hall–Kier alpha value is -2.40. The number of aryl methyl sites for hydroxylation is 1. The van der Waals surface area contributed by atoms with Gasteiger partial charge in [-0.2, -0.15) is 0 Å². The minimum Gasteiger partial charge on any atom is -0.381 e. The average Bonchev–Trinajstić information content (AvgIpc) is 2.56. The van der Waals surface area contributed by atoms with E-state index in [4.69, 9.17) is 0 Å². The quantitative estimate of drug-likeness (QED) is 0.667. The van der Waals surface area contributed by atoms with E-state index in [9.17, 15) is 10.1 Å². The maximum absolute atomic E-state index is 10.9. The molecule has 1 unspecified atom stereocenters. The fourth-order valence-electron chi connectivity index (χ4n) is 3.34. The molecule has 0 radical (unpaired) electrons. The van der Waals surface area contributed by atoms with Crippen molar-refractivity contribution in [1.82, 2.24) is 4.90 Å². The van der Waals surface area contributed by atoms with Crippen LogP contribution in [0, 0.1) is 17.0 Å². The first-order valence-corrected chi connectivity index (χ1v) is 8.39. The molecule has 1 aliphatic heterocycles. The standard InChI is InChI=1S/C19H23N3O2/c1-15-12-17(9-10-19(15)22(23)24)20-18-8-5-11-21(14-18)13-16-6-3-2-4-7-16/h2-4,6-7,9-10,12,18,20H,5,8,11,13-14H2,1H3. The molecule has 5 heteroatoms. The first kappa shape index (κ1) is 16.5. The molecule has 1 heterocycles. The molecule has 1 N–H and O–H groups in total. The highest BCUT2D eigenvalue weighted by Gasteiger charge is 2.20. The van der Waals surface area contributed by atoms with Crippen LogP contribution in [0.3, 0.4) is 0 Å². The normalized spacial score (nSPS) is 18.3. The van der Waals surface area contributed by atoms with Crippen LogP contribution in [-0.2, 0) is 6.54 Å². The smallest absolute Gasteiger partial charge is 0.272 e. The molecule has 0 amide bonds. The van der Waals surface area contributed by atoms with Crippen LogP contribution in [0.25, 0.3) is 0 Å². The molecule has 0 aromatic heterocycles. The first-order valence-electron chi connectivity index (χ1n) is 8.39. The van der Waals surface area contributed by atoms with Gasteiger partial charge in [0, 0.05) is 36.4 Å². The summed E-state index contributed by atoms with van der Waals surface area (Å²) in [5.74, 6) is 0. The van der Waals surface area contributed by atoms with Crippen molar-refractivity contribution < 1.29 is 4.92 Å². The lowest BCUT2D eigenvalue weighted by Gasteiger charge is -2.33. The van der Waals surface area contributed by atoms with Gasteiger partial charge in [-0.05, 0) is 44.0 Å². The van der Waals surface area contributed by atoms with E-state index in [2.05, 4.69) is 34.5 Å². The minimum atomic E-state index is -0.332. The molecule has 1 aliphatic rings. The number of hydrogen-bond donors (Lipinski definition) is 1. The summed E-state index contributed by atoms with van der Waals surface area (Å²) in [6.07, 6.45) is 2.29. The van der Waals surface area contributed by atoms with E-state index in [1.54, 1.807) is 19.1 Å². The van der Waals surface area contributed by atoms with Crippen molar-refractivity contribution in [2.75, 3.05) is 18.4 Å². The molecule has 2 aromatic rings. The van der Waals surface area contributed by atoms with Gasteiger partial charge in [0.05, 0.1) is 4.92 Å². The molecule has 5 nitrogen and oxygen atoms in total. The number of likely N-dealkylation sites (tertiary alicyclic amines) is 1. The summed E-state index contributed by atoms with van der Waals surface area (Å²) in [6.45, 7) is 4.86. The van der Waals surface area contributed by atoms with Gasteiger partial charge in [0.15, 0.2) is 0 Å². The number of nitrogens with zero attached hydrogens (tertiary/aromatic N) is 2. The van der Waals surface area contributed by atoms with Crippen LogP contribution in [-0.4, -0.2) is 29.0 Å². The van der Waals surface area contributed by atoms with Crippen molar-refractivity contribution >= 4 is 11.4 Å². The number of benzene rings is 2. The molecule has 126 valence electrons. The van der Waals surface area contributed by atoms with E-state index in [1.807, 2.05) is 12.1 Å². The van der Waals surface area contributed by atoms with E-state index in [1.165, 1.54) is 5.56 Å². The summed E-state index contributed by atoms with van der Waals surface area (Å²) < 4.78 is 0. The molecule has 1 saturated heterocycles. The third kappa shape index (κ3) is 4.11. The predicted molar refractivity (Wildman–Crippen MR) is 96.2 cm³/mol. The van der Waals surface area contributed by atoms with Crippen LogP contribution in [0.2, 0.25) is 0 Å². The topological polar surface area (TPSA) is 58.4 Å². The Morgan fingerprint density at radius 3 is 2.75 bits per heavy atom. The van der Waals surface area contributed by atoms with Crippen molar-refractivity contribution in [2.45, 2.75) is 32.4 Å². The van der Waals surface area contributed by atoms with Gasteiger partial charge >= 0.3 is 0 Å². The lowest BCUT2D eigenvalue weighted by atomic mass is 10.0. The van der Waals surface area contributed by atoms with Gasteiger partial charge in [0.2, 0.25) is 0 Å². The molecule has 2 aromatic carbocycles. The van der Waals surface area contributed by atoms with Gasteiger partial charge in [-0.1, -0.05) is 30.3 Å². The van der Waals surface area contributed by atoms with Gasteiger partial charge in [-0.25, -0.2) is 0 Å². The van der Waals surface area contributed by atoms with Crippen LogP contribution in [0.4, 0.5) is 11.4 Å². The second-order valence-electron chi connectivity index (χ2n) is 6.46. The van der Waals surface area contributed by atoms with E-state index < -0.39 is 0 Å². The summed E-state index contributed by atoms with van der Waals surface area (Å²) in [5.41, 5.74) is 3.17. The van der Waals surface area contributed by atoms with E-state index >= 15 is 0 Å². The number of hydrogen-bond acceptors (Lipinski definition) is 4. The molecule has 0 bridgehead atoms. The number of nitro groups is 1. The van der Waals surface area contributed by atoms with Crippen LogP contribution >= 0.6 is 0 Å². The Labute approximate surface area is 142 Å². The number of nitrogens with one attached hydrogen (secondary N) is 1. The predicted octanol–water partition coefficient (Wildman–Crippen LogP) is 3.98. The Morgan fingerprint density at radius 2 is 2.04 bits per heavy atom. The number of anilines is 1. The van der Waals surface area contributed by atoms with Gasteiger partial charge in [0.25, 0.3) is 5.69 Å². The zero-order valence-electron chi connectivity index (χ0n) is 13.9. The average molecular weight is 325 g/mol. The maximum atomic E-state index is 10.9. The van der Waals surface area contributed by atoms with Crippen molar-refractivity contribution in [3.63, 3.8) is 0 Å². The fraction of sp³-hybridized carbons (Fsp3) is 0.368. The monoisotopic (exact) mass is 325 g/mol. The molecule has 3 rings (SSSR count). The highest BCUT2D eigenvalue weighted by molar-refractivity contribution is 5.54. The molecule has 24 heavy (non-hydrogen) atoms. The highest BCUT2D eigenvalue weighted by atomic mass is 16.6. The number of rotatable bonds is 5. The Balaban J connectivity index is 1.61. The Bertz CT molecular complexity index is 703. The lowest BCUT2D eigenvalue weighted by molar-refractivity contribution is -0.385. The van der Waals surface area contributed by atoms with Gasteiger partial charge < -0.3 is 5.32 Å². The molecule has 0 spiro atoms. The largest absolute Gasteiger partial charge is 0.381 e. The van der Waals surface area contributed by atoms with Crippen molar-refractivity contribution in [1.29, 1.82) is 0 Å². The zero-order chi connectivity index (χ0) is 16.9. The first-order chi connectivity index (χ1) is 11.6. The second-order valence-corrected chi connectivity index (χ2v) is 6.46. The second kappa shape index (κ2) is 7.45. The third-order valence-electron chi connectivity index (χ3n) is 4.52. The summed E-state index contributed by atoms with van der Waals surface area (Å²) in [5, 5.41) is 14.5. The third-order valence-corrected chi connectivity index (χ3v) is 4.52. The van der Waals surface area contributed by atoms with Crippen LogP contribution < -0.4 is 5.32 Å². The van der Waals surface area contributed by atoms with Crippen molar-refractivity contribution in [3.8, 4) is 0 Å². The van der Waals surface area contributed by atoms with Crippen molar-refractivity contribution in [2.24, 2.45) is 0 Å². The van der Waals surface area contributed by atoms with Crippen LogP contribution in [0.5, 0.6) is 0 Å². The Kier molecular flexibility index (Phi) is 5.11. The van der Waals surface area contributed by atoms with Gasteiger partial charge in [0.1, 0.15) is 0 Å². The molecular formula is C19H23N3O2. The molecule has 1 fully saturated rings. The van der Waals surface area contributed by atoms with E-state index in [0.29, 0.717) is 11.6 Å². The Morgan fingerprint density at radius 1 is 1.25 bits per heavy atom. The number of piperidine rings is 1. The molecule has 0 aliphatic carbocycles. The van der Waals surface area contributed by atoms with Crippen LogP contribution in [0.1, 0.15) is 24.0 Å².